The second kappa shape index (κ2) is 10.8. The molecule has 0 radical (unpaired) electrons. The van der Waals surface area contributed by atoms with Crippen molar-refractivity contribution in [3.05, 3.63) is 76.5 Å². The Kier molecular flexibility index (Phi) is 7.57. The van der Waals surface area contributed by atoms with Crippen LogP contribution < -0.4 is 10.1 Å². The van der Waals surface area contributed by atoms with Crippen molar-refractivity contribution in [3.8, 4) is 5.75 Å². The van der Waals surface area contributed by atoms with Gasteiger partial charge in [0.2, 0.25) is 11.1 Å². The van der Waals surface area contributed by atoms with Crippen LogP contribution in [0.2, 0.25) is 0 Å². The Morgan fingerprint density at radius 3 is 2.65 bits per heavy atom. The number of carbonyl (C=O) groups excluding carboxylic acids is 1. The molecule has 1 unspecified atom stereocenters. The second-order valence-corrected chi connectivity index (χ2v) is 9.21. The highest BCUT2D eigenvalue weighted by molar-refractivity contribution is 7.99. The molecule has 0 saturated carbocycles. The molecule has 1 aliphatic rings. The molecular weight excluding hydrogens is 448 g/mol. The molecule has 0 amide bonds. The van der Waals surface area contributed by atoms with Crippen LogP contribution >= 0.6 is 11.8 Å². The Balaban J connectivity index is 1.62. The van der Waals surface area contributed by atoms with Gasteiger partial charge in [0, 0.05) is 11.4 Å². The van der Waals surface area contributed by atoms with Crippen LogP contribution in [0.15, 0.2) is 65.0 Å². The summed E-state index contributed by atoms with van der Waals surface area (Å²) in [6, 6.07) is 15.6. The largest absolute Gasteiger partial charge is 0.489 e. The molecule has 7 nitrogen and oxygen atoms in total. The van der Waals surface area contributed by atoms with Crippen molar-refractivity contribution in [3.63, 3.8) is 0 Å². The molecule has 1 N–H and O–H groups in total. The van der Waals surface area contributed by atoms with Gasteiger partial charge in [-0.05, 0) is 50.5 Å². The average Bonchev–Trinajstić information content (AvgIpc) is 3.23. The quantitative estimate of drug-likeness (QED) is 0.320. The lowest BCUT2D eigenvalue weighted by Gasteiger charge is -2.28. The number of hydrogen-bond donors (Lipinski definition) is 1. The number of esters is 1. The van der Waals surface area contributed by atoms with Crippen molar-refractivity contribution in [2.75, 3.05) is 17.7 Å². The lowest BCUT2D eigenvalue weighted by molar-refractivity contribution is -0.139. The van der Waals surface area contributed by atoms with Gasteiger partial charge in [0.05, 0.1) is 12.2 Å². The van der Waals surface area contributed by atoms with Gasteiger partial charge in [-0.2, -0.15) is 4.98 Å². The van der Waals surface area contributed by atoms with Crippen LogP contribution in [0.4, 0.5) is 5.95 Å². The number of rotatable bonds is 9. The zero-order valence-corrected chi connectivity index (χ0v) is 20.8. The number of carbonyl (C=O) groups is 1. The Hall–Kier alpha value is -3.26. The fourth-order valence-corrected chi connectivity index (χ4v) is 4.57. The maximum absolute atomic E-state index is 12.9. The van der Waals surface area contributed by atoms with Gasteiger partial charge in [0.1, 0.15) is 18.4 Å². The lowest BCUT2D eigenvalue weighted by atomic mass is 9.96. The van der Waals surface area contributed by atoms with Crippen molar-refractivity contribution >= 4 is 23.7 Å². The minimum Gasteiger partial charge on any atom is -0.489 e. The third-order valence-corrected chi connectivity index (χ3v) is 6.49. The third kappa shape index (κ3) is 5.28. The number of fused-ring (bicyclic) bond motifs is 1. The highest BCUT2D eigenvalue weighted by atomic mass is 32.2. The molecule has 1 aliphatic heterocycles. The van der Waals surface area contributed by atoms with E-state index in [0.29, 0.717) is 29.9 Å². The van der Waals surface area contributed by atoms with Crippen molar-refractivity contribution in [2.24, 2.45) is 0 Å². The number of hydrogen-bond acceptors (Lipinski definition) is 7. The molecule has 0 fully saturated rings. The molecule has 1 aromatic heterocycles. The highest BCUT2D eigenvalue weighted by Crippen LogP contribution is 2.37. The molecule has 178 valence electrons. The van der Waals surface area contributed by atoms with E-state index in [-0.39, 0.29) is 5.97 Å². The van der Waals surface area contributed by atoms with Crippen LogP contribution in [0.5, 0.6) is 5.75 Å². The smallest absolute Gasteiger partial charge is 0.338 e. The Morgan fingerprint density at radius 1 is 1.15 bits per heavy atom. The maximum atomic E-state index is 12.9. The van der Waals surface area contributed by atoms with Gasteiger partial charge in [0.25, 0.3) is 0 Å². The number of nitrogens with zero attached hydrogens (tertiary/aromatic N) is 3. The maximum Gasteiger partial charge on any atom is 0.338 e. The number of aryl methyl sites for hydroxylation is 1. The monoisotopic (exact) mass is 478 g/mol. The summed E-state index contributed by atoms with van der Waals surface area (Å²) in [7, 11) is 0. The molecule has 1 atom stereocenters. The minimum absolute atomic E-state index is 0.301. The van der Waals surface area contributed by atoms with Crippen molar-refractivity contribution in [1.82, 2.24) is 14.8 Å². The normalized spacial score (nSPS) is 15.0. The van der Waals surface area contributed by atoms with E-state index in [1.165, 1.54) is 5.56 Å². The number of allylic oxidation sites excluding steroid dienone is 1. The van der Waals surface area contributed by atoms with Crippen LogP contribution in [0.3, 0.4) is 0 Å². The minimum atomic E-state index is -0.440. The first kappa shape index (κ1) is 23.9. The second-order valence-electron chi connectivity index (χ2n) is 8.14. The Labute approximate surface area is 204 Å². The number of thioether (sulfide) groups is 1. The Morgan fingerprint density at radius 2 is 1.94 bits per heavy atom. The van der Waals surface area contributed by atoms with E-state index < -0.39 is 6.04 Å². The van der Waals surface area contributed by atoms with Gasteiger partial charge < -0.3 is 14.8 Å². The van der Waals surface area contributed by atoms with Crippen LogP contribution in [0, 0.1) is 6.92 Å². The molecule has 8 heteroatoms. The summed E-state index contributed by atoms with van der Waals surface area (Å²) in [5, 5.41) is 8.63. The van der Waals surface area contributed by atoms with E-state index >= 15 is 0 Å². The Bertz CT molecular complexity index is 1190. The van der Waals surface area contributed by atoms with E-state index in [9.17, 15) is 4.79 Å². The van der Waals surface area contributed by atoms with Crippen molar-refractivity contribution in [1.29, 1.82) is 0 Å². The molecule has 0 saturated heterocycles. The average molecular weight is 479 g/mol. The number of anilines is 1. The SMILES string of the molecule is CCCSc1nc2n(n1)C(c1ccc(OCc3cccc(C)c3)cc1)C(C(=O)OCC)=C(C)N2. The first-order valence-electron chi connectivity index (χ1n) is 11.5. The number of ether oxygens (including phenoxy) is 2. The first-order chi connectivity index (χ1) is 16.5. The van der Waals surface area contributed by atoms with Gasteiger partial charge in [-0.3, -0.25) is 0 Å². The summed E-state index contributed by atoms with van der Waals surface area (Å²) in [6.07, 6.45) is 1.03. The predicted octanol–water partition coefficient (Wildman–Crippen LogP) is 5.52. The van der Waals surface area contributed by atoms with Crippen LogP contribution in [-0.2, 0) is 16.1 Å². The van der Waals surface area contributed by atoms with Gasteiger partial charge >= 0.3 is 5.97 Å². The van der Waals surface area contributed by atoms with E-state index in [0.717, 1.165) is 34.7 Å². The van der Waals surface area contributed by atoms with Gasteiger partial charge in [-0.1, -0.05) is 60.6 Å². The number of nitrogens with one attached hydrogen (secondary N) is 1. The summed E-state index contributed by atoms with van der Waals surface area (Å²) in [6.45, 7) is 8.66. The van der Waals surface area contributed by atoms with E-state index in [4.69, 9.17) is 14.6 Å². The summed E-state index contributed by atoms with van der Waals surface area (Å²) in [4.78, 5) is 17.6. The van der Waals surface area contributed by atoms with E-state index in [1.54, 1.807) is 23.4 Å². The third-order valence-electron chi connectivity index (χ3n) is 5.45. The summed E-state index contributed by atoms with van der Waals surface area (Å²) in [5.41, 5.74) is 4.48. The van der Waals surface area contributed by atoms with Gasteiger partial charge in [-0.25, -0.2) is 9.48 Å². The fourth-order valence-electron chi connectivity index (χ4n) is 3.88. The van der Waals surface area contributed by atoms with Crippen molar-refractivity contribution in [2.45, 2.75) is 51.9 Å². The molecule has 0 bridgehead atoms. The number of aromatic nitrogens is 3. The molecule has 2 aromatic carbocycles. The highest BCUT2D eigenvalue weighted by Gasteiger charge is 2.35. The van der Waals surface area contributed by atoms with Crippen molar-refractivity contribution < 1.29 is 14.3 Å². The van der Waals surface area contributed by atoms with E-state index in [1.807, 2.05) is 37.3 Å². The predicted molar refractivity (Wildman–Crippen MR) is 134 cm³/mol. The van der Waals surface area contributed by atoms with Crippen LogP contribution in [0.1, 0.15) is 49.9 Å². The van der Waals surface area contributed by atoms with Gasteiger partial charge in [-0.15, -0.1) is 5.10 Å². The topological polar surface area (TPSA) is 78.3 Å². The molecule has 3 aromatic rings. The zero-order chi connectivity index (χ0) is 24.1. The van der Waals surface area contributed by atoms with Crippen LogP contribution in [0.25, 0.3) is 0 Å². The van der Waals surface area contributed by atoms with E-state index in [2.05, 4.69) is 42.3 Å². The summed E-state index contributed by atoms with van der Waals surface area (Å²) in [5.74, 6) is 1.95. The zero-order valence-electron chi connectivity index (χ0n) is 20.0. The molecule has 0 aliphatic carbocycles. The standard InChI is InChI=1S/C26H30N4O3S/c1-5-14-34-26-28-25-27-18(4)22(24(31)32-6-2)23(30(25)29-26)20-10-12-21(13-11-20)33-16-19-9-7-8-17(3)15-19/h7-13,15,23H,5-6,14,16H2,1-4H3,(H,27,28,29). The molecular formula is C26H30N4O3S. The summed E-state index contributed by atoms with van der Waals surface area (Å²) >= 11 is 1.60. The first-order valence-corrected chi connectivity index (χ1v) is 12.5. The number of benzene rings is 2. The van der Waals surface area contributed by atoms with Gasteiger partial charge in [0.15, 0.2) is 0 Å². The van der Waals surface area contributed by atoms with Crippen LogP contribution in [-0.4, -0.2) is 33.1 Å². The molecule has 34 heavy (non-hydrogen) atoms. The lowest BCUT2D eigenvalue weighted by Crippen LogP contribution is -2.29. The molecule has 0 spiro atoms. The molecule has 2 heterocycles. The summed E-state index contributed by atoms with van der Waals surface area (Å²) < 4.78 is 13.1. The molecule has 4 rings (SSSR count). The fraction of sp³-hybridized carbons (Fsp3) is 0.346.